The number of hydrogen-bond donors (Lipinski definition) is 0. The van der Waals surface area contributed by atoms with Gasteiger partial charge in [0.05, 0.1) is 23.6 Å². The van der Waals surface area contributed by atoms with Gasteiger partial charge in [-0.15, -0.1) is 0 Å². The lowest BCUT2D eigenvalue weighted by molar-refractivity contribution is 1.50. The van der Waals surface area contributed by atoms with E-state index in [2.05, 4.69) is 0 Å². The average molecular weight is 144 g/mol. The molecule has 0 aliphatic carbocycles. The summed E-state index contributed by atoms with van der Waals surface area (Å²) in [4.78, 5) is 0. The first-order chi connectivity index (χ1) is 3.91. The largest absolute Gasteiger partial charge is 0.197 e. The van der Waals surface area contributed by atoms with Crippen LogP contribution in [0.25, 0.3) is 0 Å². The average Bonchev–Trinajstić information content (AvgIpc) is 1.81. The lowest BCUT2D eigenvalue weighted by Crippen LogP contribution is -1.66. The summed E-state index contributed by atoms with van der Waals surface area (Å²) in [5, 5.41) is 16.0. The van der Waals surface area contributed by atoms with E-state index in [0.717, 1.165) is 0 Å². The van der Waals surface area contributed by atoms with Crippen LogP contribution >= 0.6 is 21.6 Å². The van der Waals surface area contributed by atoms with E-state index in [0.29, 0.717) is 11.5 Å². The minimum absolute atomic E-state index is 0.465. The van der Waals surface area contributed by atoms with Gasteiger partial charge in [-0.25, -0.2) is 0 Å². The lowest BCUT2D eigenvalue weighted by atomic mass is 10.9. The molecule has 0 bridgehead atoms. The molecule has 0 aliphatic heterocycles. The zero-order valence-electron chi connectivity index (χ0n) is 4.13. The maximum absolute atomic E-state index is 8.00. The van der Waals surface area contributed by atoms with Gasteiger partial charge in [0, 0.05) is 0 Å². The van der Waals surface area contributed by atoms with Crippen LogP contribution < -0.4 is 0 Å². The molecule has 0 saturated heterocycles. The van der Waals surface area contributed by atoms with Crippen molar-refractivity contribution in [2.24, 2.45) is 0 Å². The van der Waals surface area contributed by atoms with Crippen molar-refractivity contribution in [3.63, 3.8) is 0 Å². The molecule has 42 valence electrons. The van der Waals surface area contributed by atoms with Gasteiger partial charge in [0.15, 0.2) is 0 Å². The van der Waals surface area contributed by atoms with Crippen molar-refractivity contribution in [1.29, 1.82) is 10.5 Å². The second-order valence-corrected chi connectivity index (χ2v) is 3.30. The van der Waals surface area contributed by atoms with Crippen molar-refractivity contribution in [2.45, 2.75) is 0 Å². The Kier molecular flexibility index (Phi) is 6.41. The molecular weight excluding hydrogens is 140 g/mol. The first kappa shape index (κ1) is 7.68. The second-order valence-electron chi connectivity index (χ2n) is 0.841. The Morgan fingerprint density at radius 1 is 1.00 bits per heavy atom. The van der Waals surface area contributed by atoms with E-state index in [9.17, 15) is 0 Å². The topological polar surface area (TPSA) is 47.6 Å². The monoisotopic (exact) mass is 144 g/mol. The Balaban J connectivity index is 2.77. The molecule has 0 spiro atoms. The zero-order valence-corrected chi connectivity index (χ0v) is 5.76. The molecule has 0 aromatic heterocycles. The van der Waals surface area contributed by atoms with E-state index in [1.807, 2.05) is 12.1 Å². The van der Waals surface area contributed by atoms with Gasteiger partial charge in [-0.05, 0) is 0 Å². The first-order valence-corrected chi connectivity index (χ1v) is 4.39. The van der Waals surface area contributed by atoms with Gasteiger partial charge in [0.1, 0.15) is 0 Å². The van der Waals surface area contributed by atoms with Crippen LogP contribution in [0.3, 0.4) is 0 Å². The molecular formula is C4H4N2S2. The summed E-state index contributed by atoms with van der Waals surface area (Å²) >= 11 is 0. The Hall–Kier alpha value is -0.320. The molecule has 0 saturated carbocycles. The highest BCUT2D eigenvalue weighted by Gasteiger charge is 1.83. The molecule has 0 heterocycles. The second kappa shape index (κ2) is 6.68. The quantitative estimate of drug-likeness (QED) is 0.444. The van der Waals surface area contributed by atoms with E-state index in [1.54, 1.807) is 0 Å². The summed E-state index contributed by atoms with van der Waals surface area (Å²) in [6.45, 7) is 0. The summed E-state index contributed by atoms with van der Waals surface area (Å²) in [5.41, 5.74) is 0. The first-order valence-electron chi connectivity index (χ1n) is 1.90. The van der Waals surface area contributed by atoms with E-state index < -0.39 is 0 Å². The standard InChI is InChI=1S/C4H4N2S2/c5-1-3-7-8-4-2-6/h3-4H2. The SMILES string of the molecule is N#CCSSCC#N. The van der Waals surface area contributed by atoms with Crippen molar-refractivity contribution in [2.75, 3.05) is 11.5 Å². The molecule has 0 aromatic rings. The van der Waals surface area contributed by atoms with Crippen molar-refractivity contribution in [1.82, 2.24) is 0 Å². The van der Waals surface area contributed by atoms with Crippen molar-refractivity contribution in [3.05, 3.63) is 0 Å². The van der Waals surface area contributed by atoms with Gasteiger partial charge in [0.25, 0.3) is 0 Å². The summed E-state index contributed by atoms with van der Waals surface area (Å²) in [7, 11) is 2.82. The van der Waals surface area contributed by atoms with Crippen molar-refractivity contribution in [3.8, 4) is 12.1 Å². The third-order valence-electron chi connectivity index (χ3n) is 0.330. The number of rotatable bonds is 3. The predicted octanol–water partition coefficient (Wildman–Crippen LogP) is 1.41. The molecule has 4 heteroatoms. The summed E-state index contributed by atoms with van der Waals surface area (Å²) in [6.07, 6.45) is 0. The molecule has 0 unspecified atom stereocenters. The Labute approximate surface area is 56.3 Å². The Morgan fingerprint density at radius 2 is 1.38 bits per heavy atom. The maximum Gasteiger partial charge on any atom is 0.0912 e. The minimum Gasteiger partial charge on any atom is -0.197 e. The number of hydrogen-bond acceptors (Lipinski definition) is 4. The molecule has 0 aliphatic rings. The molecule has 0 rings (SSSR count). The van der Waals surface area contributed by atoms with Gasteiger partial charge in [-0.2, -0.15) is 10.5 Å². The third-order valence-corrected chi connectivity index (χ3v) is 2.20. The fourth-order valence-electron chi connectivity index (χ4n) is 0.136. The lowest BCUT2D eigenvalue weighted by Gasteiger charge is -1.83. The van der Waals surface area contributed by atoms with Gasteiger partial charge in [-0.1, -0.05) is 21.6 Å². The molecule has 0 atom stereocenters. The van der Waals surface area contributed by atoms with Gasteiger partial charge in [-0.3, -0.25) is 0 Å². The Morgan fingerprint density at radius 3 is 1.62 bits per heavy atom. The predicted molar refractivity (Wildman–Crippen MR) is 36.1 cm³/mol. The van der Waals surface area contributed by atoms with Gasteiger partial charge < -0.3 is 0 Å². The molecule has 0 fully saturated rings. The van der Waals surface area contributed by atoms with Crippen LogP contribution in [0.2, 0.25) is 0 Å². The molecule has 0 radical (unpaired) electrons. The van der Waals surface area contributed by atoms with Crippen molar-refractivity contribution >= 4 is 21.6 Å². The number of nitrogens with zero attached hydrogens (tertiary/aromatic N) is 2. The van der Waals surface area contributed by atoms with Crippen LogP contribution in [-0.4, -0.2) is 11.5 Å². The van der Waals surface area contributed by atoms with Gasteiger partial charge in [0.2, 0.25) is 0 Å². The summed E-state index contributed by atoms with van der Waals surface area (Å²) in [6, 6.07) is 3.92. The fourth-order valence-corrected chi connectivity index (χ4v) is 1.22. The molecule has 0 aromatic carbocycles. The number of nitriles is 2. The highest BCUT2D eigenvalue weighted by atomic mass is 33.1. The molecule has 0 N–H and O–H groups in total. The van der Waals surface area contributed by atoms with Crippen LogP contribution in [-0.2, 0) is 0 Å². The molecule has 2 nitrogen and oxygen atoms in total. The van der Waals surface area contributed by atoms with E-state index in [4.69, 9.17) is 10.5 Å². The normalized spacial score (nSPS) is 7.25. The minimum atomic E-state index is 0.465. The van der Waals surface area contributed by atoms with Crippen LogP contribution in [0.1, 0.15) is 0 Å². The summed E-state index contributed by atoms with van der Waals surface area (Å²) in [5.74, 6) is 0.929. The molecule has 0 amide bonds. The van der Waals surface area contributed by atoms with Crippen LogP contribution in [0.15, 0.2) is 0 Å². The van der Waals surface area contributed by atoms with E-state index >= 15 is 0 Å². The maximum atomic E-state index is 8.00. The summed E-state index contributed by atoms with van der Waals surface area (Å²) < 4.78 is 0. The van der Waals surface area contributed by atoms with Gasteiger partial charge >= 0.3 is 0 Å². The van der Waals surface area contributed by atoms with Crippen LogP contribution in [0, 0.1) is 22.7 Å². The smallest absolute Gasteiger partial charge is 0.0912 e. The Bertz CT molecular complexity index is 105. The van der Waals surface area contributed by atoms with Crippen LogP contribution in [0.5, 0.6) is 0 Å². The highest BCUT2D eigenvalue weighted by Crippen LogP contribution is 2.18. The zero-order chi connectivity index (χ0) is 6.24. The van der Waals surface area contributed by atoms with E-state index in [1.165, 1.54) is 21.6 Å². The fraction of sp³-hybridized carbons (Fsp3) is 0.500. The molecule has 8 heavy (non-hydrogen) atoms. The third kappa shape index (κ3) is 5.68. The van der Waals surface area contributed by atoms with Crippen molar-refractivity contribution < 1.29 is 0 Å². The highest BCUT2D eigenvalue weighted by molar-refractivity contribution is 8.76. The van der Waals surface area contributed by atoms with Crippen LogP contribution in [0.4, 0.5) is 0 Å². The van der Waals surface area contributed by atoms with E-state index in [-0.39, 0.29) is 0 Å².